The van der Waals surface area contributed by atoms with E-state index in [1.165, 1.54) is 0 Å². The van der Waals surface area contributed by atoms with Crippen molar-refractivity contribution in [2.75, 3.05) is 0 Å². The van der Waals surface area contributed by atoms with Crippen molar-refractivity contribution in [2.45, 2.75) is 19.6 Å². The fourth-order valence-corrected chi connectivity index (χ4v) is 1.88. The Kier molecular flexibility index (Phi) is 3.54. The maximum Gasteiger partial charge on any atom is 0.131 e. The van der Waals surface area contributed by atoms with E-state index < -0.39 is 0 Å². The largest absolute Gasteiger partial charge is 0.487 e. The van der Waals surface area contributed by atoms with E-state index in [2.05, 4.69) is 4.98 Å². The lowest BCUT2D eigenvalue weighted by molar-refractivity contribution is 0.302. The number of ether oxygens (including phenoxy) is 1. The third-order valence-electron chi connectivity index (χ3n) is 2.28. The molecule has 0 saturated carbocycles. The number of thiazole rings is 1. The number of hydrogen-bond donors (Lipinski definition) is 1. The van der Waals surface area contributed by atoms with Gasteiger partial charge in [0.25, 0.3) is 0 Å². The normalized spacial score (nSPS) is 12.4. The molecule has 1 aromatic heterocycles. The van der Waals surface area contributed by atoms with Crippen molar-refractivity contribution in [3.63, 3.8) is 0 Å². The molecule has 2 aromatic rings. The van der Waals surface area contributed by atoms with Gasteiger partial charge in [0.2, 0.25) is 0 Å². The van der Waals surface area contributed by atoms with Crippen molar-refractivity contribution in [3.8, 4) is 5.75 Å². The molecule has 84 valence electrons. The second kappa shape index (κ2) is 5.09. The number of rotatable bonds is 4. The van der Waals surface area contributed by atoms with Crippen LogP contribution in [0.25, 0.3) is 0 Å². The van der Waals surface area contributed by atoms with Crippen molar-refractivity contribution in [1.29, 1.82) is 0 Å². The summed E-state index contributed by atoms with van der Waals surface area (Å²) in [5.41, 5.74) is 9.64. The summed E-state index contributed by atoms with van der Waals surface area (Å²) in [6, 6.07) is 7.91. The zero-order valence-electron chi connectivity index (χ0n) is 9.09. The quantitative estimate of drug-likeness (QED) is 0.884. The van der Waals surface area contributed by atoms with E-state index in [-0.39, 0.29) is 6.04 Å². The summed E-state index contributed by atoms with van der Waals surface area (Å²) in [6.45, 7) is 2.48. The van der Waals surface area contributed by atoms with Gasteiger partial charge in [0, 0.05) is 11.4 Å². The lowest BCUT2D eigenvalue weighted by atomic mass is 10.1. The van der Waals surface area contributed by atoms with E-state index in [1.54, 1.807) is 16.8 Å². The van der Waals surface area contributed by atoms with Crippen LogP contribution >= 0.6 is 11.3 Å². The Balaban J connectivity index is 1.95. The second-order valence-corrected chi connectivity index (χ2v) is 4.34. The fraction of sp³-hybridized carbons (Fsp3) is 0.250. The number of nitrogens with zero attached hydrogens (tertiary/aromatic N) is 1. The van der Waals surface area contributed by atoms with Crippen molar-refractivity contribution in [3.05, 3.63) is 46.4 Å². The number of hydrogen-bond acceptors (Lipinski definition) is 4. The summed E-state index contributed by atoms with van der Waals surface area (Å²) in [6.07, 6.45) is 0. The van der Waals surface area contributed by atoms with E-state index in [1.807, 2.05) is 36.6 Å². The molecule has 3 nitrogen and oxygen atoms in total. The van der Waals surface area contributed by atoms with E-state index in [0.29, 0.717) is 6.61 Å². The smallest absolute Gasteiger partial charge is 0.131 e. The van der Waals surface area contributed by atoms with Gasteiger partial charge < -0.3 is 10.5 Å². The predicted molar refractivity (Wildman–Crippen MR) is 65.5 cm³/mol. The van der Waals surface area contributed by atoms with Gasteiger partial charge in [-0.1, -0.05) is 12.1 Å². The molecule has 0 aliphatic heterocycles. The molecule has 0 spiro atoms. The van der Waals surface area contributed by atoms with Gasteiger partial charge in [0.05, 0.1) is 11.2 Å². The Hall–Kier alpha value is -1.39. The highest BCUT2D eigenvalue weighted by Crippen LogP contribution is 2.17. The standard InChI is InChI=1S/C12H14N2OS/c1-9(13)10-2-4-12(5-3-10)15-6-11-7-16-8-14-11/h2-5,7-9H,6,13H2,1H3/t9-/m0/s1. The van der Waals surface area contributed by atoms with E-state index in [4.69, 9.17) is 10.5 Å². The molecule has 0 aliphatic carbocycles. The van der Waals surface area contributed by atoms with Crippen molar-refractivity contribution >= 4 is 11.3 Å². The number of aromatic nitrogens is 1. The van der Waals surface area contributed by atoms with Gasteiger partial charge in [-0.2, -0.15) is 0 Å². The molecule has 0 fully saturated rings. The van der Waals surface area contributed by atoms with Crippen molar-refractivity contribution < 1.29 is 4.74 Å². The summed E-state index contributed by atoms with van der Waals surface area (Å²) in [5, 5.41) is 1.98. The minimum absolute atomic E-state index is 0.0626. The molecule has 0 unspecified atom stereocenters. The highest BCUT2D eigenvalue weighted by atomic mass is 32.1. The molecule has 2 rings (SSSR count). The van der Waals surface area contributed by atoms with Gasteiger partial charge in [-0.15, -0.1) is 11.3 Å². The molecule has 2 N–H and O–H groups in total. The zero-order chi connectivity index (χ0) is 11.4. The first kappa shape index (κ1) is 11.1. The Morgan fingerprint density at radius 3 is 2.69 bits per heavy atom. The average molecular weight is 234 g/mol. The SMILES string of the molecule is C[C@H](N)c1ccc(OCc2cscn2)cc1. The minimum atomic E-state index is 0.0626. The van der Waals surface area contributed by atoms with E-state index in [9.17, 15) is 0 Å². The Bertz CT molecular complexity index is 423. The van der Waals surface area contributed by atoms with Gasteiger partial charge in [-0.05, 0) is 24.6 Å². The van der Waals surface area contributed by atoms with Gasteiger partial charge in [-0.25, -0.2) is 4.98 Å². The average Bonchev–Trinajstić information content (AvgIpc) is 2.80. The molecular formula is C12H14N2OS. The summed E-state index contributed by atoms with van der Waals surface area (Å²) in [5.74, 6) is 0.845. The van der Waals surface area contributed by atoms with Crippen LogP contribution in [0.5, 0.6) is 5.75 Å². The van der Waals surface area contributed by atoms with Crippen LogP contribution in [0.3, 0.4) is 0 Å². The monoisotopic (exact) mass is 234 g/mol. The maximum atomic E-state index is 5.77. The van der Waals surface area contributed by atoms with Crippen LogP contribution < -0.4 is 10.5 Å². The Labute approximate surface area is 98.9 Å². The molecule has 4 heteroatoms. The highest BCUT2D eigenvalue weighted by molar-refractivity contribution is 7.07. The van der Waals surface area contributed by atoms with Gasteiger partial charge >= 0.3 is 0 Å². The molecule has 1 heterocycles. The zero-order valence-corrected chi connectivity index (χ0v) is 9.91. The summed E-state index contributed by atoms with van der Waals surface area (Å²) in [7, 11) is 0. The molecule has 0 radical (unpaired) electrons. The third-order valence-corrected chi connectivity index (χ3v) is 2.91. The van der Waals surface area contributed by atoms with E-state index >= 15 is 0 Å². The fourth-order valence-electron chi connectivity index (χ4n) is 1.33. The maximum absolute atomic E-state index is 5.77. The van der Waals surface area contributed by atoms with Crippen LogP contribution in [-0.2, 0) is 6.61 Å². The van der Waals surface area contributed by atoms with Gasteiger partial charge in [-0.3, -0.25) is 0 Å². The summed E-state index contributed by atoms with van der Waals surface area (Å²) < 4.78 is 5.59. The third kappa shape index (κ3) is 2.81. The number of benzene rings is 1. The van der Waals surface area contributed by atoms with Crippen LogP contribution in [-0.4, -0.2) is 4.98 Å². The van der Waals surface area contributed by atoms with Crippen LogP contribution in [0.15, 0.2) is 35.2 Å². The molecule has 16 heavy (non-hydrogen) atoms. The molecule has 0 amide bonds. The molecular weight excluding hydrogens is 220 g/mol. The van der Waals surface area contributed by atoms with Crippen LogP contribution in [0.4, 0.5) is 0 Å². The first-order chi connectivity index (χ1) is 7.75. The molecule has 0 aliphatic rings. The molecule has 0 bridgehead atoms. The molecule has 1 aromatic carbocycles. The first-order valence-electron chi connectivity index (χ1n) is 5.11. The molecule has 0 saturated heterocycles. The van der Waals surface area contributed by atoms with E-state index in [0.717, 1.165) is 17.0 Å². The second-order valence-electron chi connectivity index (χ2n) is 3.63. The minimum Gasteiger partial charge on any atom is -0.487 e. The summed E-state index contributed by atoms with van der Waals surface area (Å²) >= 11 is 1.57. The molecule has 1 atom stereocenters. The van der Waals surface area contributed by atoms with Crippen LogP contribution in [0.1, 0.15) is 24.2 Å². The highest BCUT2D eigenvalue weighted by Gasteiger charge is 2.00. The van der Waals surface area contributed by atoms with Gasteiger partial charge in [0.15, 0.2) is 0 Å². The van der Waals surface area contributed by atoms with Gasteiger partial charge in [0.1, 0.15) is 12.4 Å². The topological polar surface area (TPSA) is 48.1 Å². The van der Waals surface area contributed by atoms with Crippen LogP contribution in [0, 0.1) is 0 Å². The van der Waals surface area contributed by atoms with Crippen molar-refractivity contribution in [1.82, 2.24) is 4.98 Å². The van der Waals surface area contributed by atoms with Crippen LogP contribution in [0.2, 0.25) is 0 Å². The number of nitrogens with two attached hydrogens (primary N) is 1. The first-order valence-corrected chi connectivity index (χ1v) is 6.05. The summed E-state index contributed by atoms with van der Waals surface area (Å²) in [4.78, 5) is 4.15. The predicted octanol–water partition coefficient (Wildman–Crippen LogP) is 2.74. The lowest BCUT2D eigenvalue weighted by Crippen LogP contribution is -2.04. The Morgan fingerprint density at radius 1 is 1.38 bits per heavy atom. The van der Waals surface area contributed by atoms with Crippen molar-refractivity contribution in [2.24, 2.45) is 5.73 Å². The lowest BCUT2D eigenvalue weighted by Gasteiger charge is -2.07. The Morgan fingerprint density at radius 2 is 2.12 bits per heavy atom.